The Hall–Kier alpha value is -2.30. The van der Waals surface area contributed by atoms with Crippen molar-refractivity contribution in [2.45, 2.75) is 78.1 Å². The number of nitro groups is 1. The molecule has 4 saturated carbocycles. The van der Waals surface area contributed by atoms with E-state index >= 15 is 0 Å². The minimum absolute atomic E-state index is 0.108. The molecule has 176 valence electrons. The molecular formula is C28H37N3O2. The lowest BCUT2D eigenvalue weighted by molar-refractivity contribution is -0.384. The topological polar surface area (TPSA) is 67.9 Å². The van der Waals surface area contributed by atoms with Crippen LogP contribution in [0.15, 0.2) is 40.5 Å². The number of benzene rings is 1. The first-order valence-electron chi connectivity index (χ1n) is 12.9. The zero-order valence-electron chi connectivity index (χ0n) is 20.1. The lowest BCUT2D eigenvalue weighted by Crippen LogP contribution is -2.52. The highest BCUT2D eigenvalue weighted by molar-refractivity contribution is 5.93. The second-order valence-electron chi connectivity index (χ2n) is 11.4. The van der Waals surface area contributed by atoms with E-state index in [1.165, 1.54) is 75.6 Å². The fourth-order valence-electron chi connectivity index (χ4n) is 8.25. The quantitative estimate of drug-likeness (QED) is 0.273. The third-order valence-electron chi connectivity index (χ3n) is 10.0. The Morgan fingerprint density at radius 2 is 1.82 bits per heavy atom. The number of hydrogen-bond donors (Lipinski definition) is 0. The zero-order chi connectivity index (χ0) is 23.1. The average Bonchev–Trinajstić information content (AvgIpc) is 3.15. The molecule has 4 fully saturated rings. The van der Waals surface area contributed by atoms with Crippen LogP contribution in [0.2, 0.25) is 0 Å². The predicted octanol–water partition coefficient (Wildman–Crippen LogP) is 7.47. The smallest absolute Gasteiger partial charge is 0.258 e. The van der Waals surface area contributed by atoms with E-state index in [0.29, 0.717) is 5.41 Å². The van der Waals surface area contributed by atoms with Gasteiger partial charge in [0.05, 0.1) is 4.92 Å². The molecule has 0 radical (unpaired) electrons. The van der Waals surface area contributed by atoms with E-state index in [0.717, 1.165) is 35.7 Å². The van der Waals surface area contributed by atoms with Gasteiger partial charge in [-0.05, 0) is 104 Å². The van der Waals surface area contributed by atoms with Crippen LogP contribution in [0, 0.1) is 44.6 Å². The molecule has 0 spiro atoms. The summed E-state index contributed by atoms with van der Waals surface area (Å²) in [5.74, 6) is 3.54. The molecule has 5 heteroatoms. The van der Waals surface area contributed by atoms with Crippen LogP contribution in [-0.2, 0) is 0 Å². The normalized spacial score (nSPS) is 39.5. The van der Waals surface area contributed by atoms with Gasteiger partial charge in [-0.25, -0.2) is 0 Å². The first-order valence-corrected chi connectivity index (χ1v) is 12.9. The van der Waals surface area contributed by atoms with Gasteiger partial charge in [0.2, 0.25) is 0 Å². The van der Waals surface area contributed by atoms with Gasteiger partial charge in [0, 0.05) is 29.5 Å². The van der Waals surface area contributed by atoms with Crippen molar-refractivity contribution in [3.05, 3.63) is 46.0 Å². The van der Waals surface area contributed by atoms with Gasteiger partial charge in [-0.1, -0.05) is 32.8 Å². The summed E-state index contributed by atoms with van der Waals surface area (Å²) in [6, 6.07) is 6.54. The Kier molecular flexibility index (Phi) is 6.00. The fraction of sp³-hybridized carbons (Fsp3) is 0.643. The molecule has 0 aliphatic heterocycles. The molecule has 5 rings (SSSR count). The van der Waals surface area contributed by atoms with Gasteiger partial charge in [-0.15, -0.1) is 0 Å². The summed E-state index contributed by atoms with van der Waals surface area (Å²) in [7, 11) is 0. The highest BCUT2D eigenvalue weighted by Crippen LogP contribution is 2.65. The number of fused-ring (bicyclic) bond motifs is 5. The van der Waals surface area contributed by atoms with Crippen LogP contribution in [0.3, 0.4) is 0 Å². The van der Waals surface area contributed by atoms with Crippen LogP contribution in [0.4, 0.5) is 5.69 Å². The minimum Gasteiger partial charge on any atom is -0.258 e. The molecule has 0 bridgehead atoms. The number of allylic oxidation sites excluding steroid dienone is 1. The standard InChI is InChI=1S/C28H37N3O2/c1-27-17-4-3-7-21(27)10-13-23-24-14-15-26(28(24,2)18-16-25(23)27)30-29-19-5-6-20-8-11-22(12-9-20)31(32)33/h5-6,8-9,11-12,19,21,23-25H,3-4,7,10,13-18H2,1-2H3/b6-5+,29-19+,30-26+/t21-,23?,24?,25?,27+,28+/m0/s1. The van der Waals surface area contributed by atoms with Crippen LogP contribution >= 0.6 is 0 Å². The van der Waals surface area contributed by atoms with E-state index < -0.39 is 0 Å². The lowest BCUT2D eigenvalue weighted by Gasteiger charge is -2.59. The second-order valence-corrected chi connectivity index (χ2v) is 11.4. The van der Waals surface area contributed by atoms with Gasteiger partial charge < -0.3 is 0 Å². The van der Waals surface area contributed by atoms with Crippen LogP contribution in [-0.4, -0.2) is 16.8 Å². The van der Waals surface area contributed by atoms with Crippen molar-refractivity contribution < 1.29 is 4.92 Å². The van der Waals surface area contributed by atoms with E-state index in [2.05, 4.69) is 18.9 Å². The van der Waals surface area contributed by atoms with Gasteiger partial charge >= 0.3 is 0 Å². The summed E-state index contributed by atoms with van der Waals surface area (Å²) >= 11 is 0. The fourth-order valence-corrected chi connectivity index (χ4v) is 8.25. The summed E-state index contributed by atoms with van der Waals surface area (Å²) in [6.07, 6.45) is 19.2. The lowest BCUT2D eigenvalue weighted by atomic mass is 9.45. The molecule has 0 amide bonds. The van der Waals surface area contributed by atoms with Crippen LogP contribution in [0.5, 0.6) is 0 Å². The summed E-state index contributed by atoms with van der Waals surface area (Å²) in [6.45, 7) is 5.11. The molecule has 1 aromatic rings. The summed E-state index contributed by atoms with van der Waals surface area (Å²) in [5.41, 5.74) is 3.14. The molecular weight excluding hydrogens is 410 g/mol. The second kappa shape index (κ2) is 8.81. The molecule has 6 atom stereocenters. The zero-order valence-corrected chi connectivity index (χ0v) is 20.1. The van der Waals surface area contributed by atoms with E-state index in [-0.39, 0.29) is 16.0 Å². The van der Waals surface area contributed by atoms with Gasteiger partial charge in [0.1, 0.15) is 0 Å². The van der Waals surface area contributed by atoms with Crippen molar-refractivity contribution in [3.63, 3.8) is 0 Å². The van der Waals surface area contributed by atoms with Crippen LogP contribution < -0.4 is 0 Å². The van der Waals surface area contributed by atoms with E-state index in [9.17, 15) is 10.1 Å². The van der Waals surface area contributed by atoms with Crippen LogP contribution in [0.25, 0.3) is 6.08 Å². The predicted molar refractivity (Wildman–Crippen MR) is 134 cm³/mol. The first kappa shape index (κ1) is 22.5. The SMILES string of the molecule is C[C@@]12CCC3C(CC[C@@H]4CCCC[C@@]34C)C1CC\C2=N/N=C/C=C/c1ccc([N+](=O)[O-])cc1. The van der Waals surface area contributed by atoms with Crippen LogP contribution in [0.1, 0.15) is 83.6 Å². The first-order chi connectivity index (χ1) is 15.9. The van der Waals surface area contributed by atoms with Gasteiger partial charge in [-0.3, -0.25) is 10.1 Å². The van der Waals surface area contributed by atoms with Gasteiger partial charge in [0.25, 0.3) is 5.69 Å². The van der Waals surface area contributed by atoms with Crippen molar-refractivity contribution in [3.8, 4) is 0 Å². The monoisotopic (exact) mass is 447 g/mol. The Balaban J connectivity index is 1.26. The van der Waals surface area contributed by atoms with E-state index in [1.807, 2.05) is 12.2 Å². The third kappa shape index (κ3) is 3.98. The highest BCUT2D eigenvalue weighted by atomic mass is 16.6. The van der Waals surface area contributed by atoms with Crippen molar-refractivity contribution in [2.24, 2.45) is 44.7 Å². The van der Waals surface area contributed by atoms with Gasteiger partial charge in [0.15, 0.2) is 0 Å². The maximum absolute atomic E-state index is 10.8. The number of nitrogens with zero attached hydrogens (tertiary/aromatic N) is 3. The molecule has 5 nitrogen and oxygen atoms in total. The Bertz CT molecular complexity index is 981. The minimum atomic E-state index is -0.380. The molecule has 0 saturated heterocycles. The van der Waals surface area contributed by atoms with E-state index in [4.69, 9.17) is 5.10 Å². The largest absolute Gasteiger partial charge is 0.269 e. The molecule has 33 heavy (non-hydrogen) atoms. The number of hydrogen-bond acceptors (Lipinski definition) is 4. The maximum atomic E-state index is 10.8. The van der Waals surface area contributed by atoms with Gasteiger partial charge in [-0.2, -0.15) is 10.2 Å². The molecule has 0 heterocycles. The Morgan fingerprint density at radius 1 is 1.00 bits per heavy atom. The van der Waals surface area contributed by atoms with Crippen molar-refractivity contribution >= 4 is 23.7 Å². The summed E-state index contributed by atoms with van der Waals surface area (Å²) in [4.78, 5) is 10.4. The Labute approximate surface area is 197 Å². The Morgan fingerprint density at radius 3 is 2.61 bits per heavy atom. The summed E-state index contributed by atoms with van der Waals surface area (Å²) in [5, 5.41) is 19.9. The van der Waals surface area contributed by atoms with Crippen molar-refractivity contribution in [2.75, 3.05) is 0 Å². The number of rotatable bonds is 4. The van der Waals surface area contributed by atoms with Crippen molar-refractivity contribution in [1.82, 2.24) is 0 Å². The average molecular weight is 448 g/mol. The molecule has 1 aromatic carbocycles. The summed E-state index contributed by atoms with van der Waals surface area (Å²) < 4.78 is 0. The maximum Gasteiger partial charge on any atom is 0.269 e. The van der Waals surface area contributed by atoms with E-state index in [1.54, 1.807) is 18.3 Å². The number of non-ortho nitro benzene ring substituents is 1. The van der Waals surface area contributed by atoms with Crippen molar-refractivity contribution in [1.29, 1.82) is 0 Å². The molecule has 3 unspecified atom stereocenters. The third-order valence-corrected chi connectivity index (χ3v) is 10.0. The molecule has 4 aliphatic rings. The highest BCUT2D eigenvalue weighted by Gasteiger charge is 2.58. The molecule has 0 N–H and O–H groups in total. The molecule has 4 aliphatic carbocycles. The molecule has 0 aromatic heterocycles. The number of nitro benzene ring substituents is 1.